The lowest BCUT2D eigenvalue weighted by Gasteiger charge is -2.07. The number of methoxy groups -OCH3 is 1. The van der Waals surface area contributed by atoms with Crippen molar-refractivity contribution >= 4 is 24.2 Å². The van der Waals surface area contributed by atoms with E-state index in [9.17, 15) is 4.79 Å². The van der Waals surface area contributed by atoms with Crippen LogP contribution in [0.1, 0.15) is 0 Å². The first-order valence-corrected chi connectivity index (χ1v) is 5.07. The second-order valence-corrected chi connectivity index (χ2v) is 3.50. The minimum Gasteiger partial charge on any atom is -0.497 e. The maximum absolute atomic E-state index is 10.9. The molecule has 1 rings (SSSR count). The highest BCUT2D eigenvalue weighted by molar-refractivity contribution is 7.84. The molecule has 0 bridgehead atoms. The van der Waals surface area contributed by atoms with Crippen molar-refractivity contribution in [2.24, 2.45) is 5.73 Å². The van der Waals surface area contributed by atoms with Crippen LogP contribution in [0.4, 0.5) is 5.69 Å². The fourth-order valence-electron chi connectivity index (χ4n) is 1.10. The second-order valence-electron chi connectivity index (χ2n) is 3.05. The number of ether oxygens (including phenoxy) is 1. The van der Waals surface area contributed by atoms with Crippen molar-refractivity contribution in [1.82, 2.24) is 0 Å². The Morgan fingerprint density at radius 1 is 1.47 bits per heavy atom. The molecule has 0 aliphatic rings. The van der Waals surface area contributed by atoms with Crippen molar-refractivity contribution in [2.45, 2.75) is 0 Å². The van der Waals surface area contributed by atoms with E-state index >= 15 is 0 Å². The third-order valence-electron chi connectivity index (χ3n) is 1.95. The molecular formula is C11H11N3O2S. The number of hydrogen-bond acceptors (Lipinski definition) is 5. The molecule has 3 N–H and O–H groups in total. The number of carbonyl (C=O) groups excluding carboxylic acids is 1. The SMILES string of the molecule is COc1ccc(N/C(S)=C(/C#N)C(N)=O)cc1. The number of hydrogen-bond donors (Lipinski definition) is 3. The molecule has 0 saturated heterocycles. The Morgan fingerprint density at radius 2 is 2.06 bits per heavy atom. The number of anilines is 1. The van der Waals surface area contributed by atoms with Crippen LogP contribution >= 0.6 is 12.6 Å². The number of nitrogens with one attached hydrogen (secondary N) is 1. The molecule has 6 heteroatoms. The van der Waals surface area contributed by atoms with Gasteiger partial charge in [0.2, 0.25) is 0 Å². The van der Waals surface area contributed by atoms with E-state index in [-0.39, 0.29) is 10.6 Å². The van der Waals surface area contributed by atoms with Crippen LogP contribution in [0.5, 0.6) is 5.75 Å². The number of nitrogens with zero attached hydrogens (tertiary/aromatic N) is 1. The zero-order valence-electron chi connectivity index (χ0n) is 9.10. The van der Waals surface area contributed by atoms with Gasteiger partial charge in [-0.05, 0) is 24.3 Å². The van der Waals surface area contributed by atoms with Crippen LogP contribution < -0.4 is 15.8 Å². The van der Waals surface area contributed by atoms with E-state index in [0.29, 0.717) is 11.4 Å². The first-order chi connectivity index (χ1) is 8.08. The van der Waals surface area contributed by atoms with Crippen molar-refractivity contribution in [2.75, 3.05) is 12.4 Å². The molecule has 88 valence electrons. The molecule has 0 saturated carbocycles. The van der Waals surface area contributed by atoms with Crippen molar-refractivity contribution < 1.29 is 9.53 Å². The molecule has 1 aromatic rings. The molecule has 5 nitrogen and oxygen atoms in total. The van der Waals surface area contributed by atoms with E-state index in [2.05, 4.69) is 17.9 Å². The molecule has 17 heavy (non-hydrogen) atoms. The molecule has 0 unspecified atom stereocenters. The average Bonchev–Trinajstić information content (AvgIpc) is 2.30. The Morgan fingerprint density at radius 3 is 2.47 bits per heavy atom. The molecule has 1 aromatic carbocycles. The van der Waals surface area contributed by atoms with Gasteiger partial charge in [-0.15, -0.1) is 12.6 Å². The molecule has 0 aromatic heterocycles. The summed E-state index contributed by atoms with van der Waals surface area (Å²) in [6.07, 6.45) is 0. The molecule has 1 amide bonds. The summed E-state index contributed by atoms with van der Waals surface area (Å²) in [5, 5.41) is 11.6. The molecule has 0 aliphatic carbocycles. The standard InChI is InChI=1S/C11H11N3O2S/c1-16-8-4-2-7(3-5-8)14-11(17)9(6-12)10(13)15/h2-5,14,17H,1H3,(H2,13,15)/b11-9+. The summed E-state index contributed by atoms with van der Waals surface area (Å²) in [5.41, 5.74) is 5.47. The van der Waals surface area contributed by atoms with Gasteiger partial charge in [-0.1, -0.05) is 0 Å². The fourth-order valence-corrected chi connectivity index (χ4v) is 1.39. The monoisotopic (exact) mass is 249 g/mol. The third kappa shape index (κ3) is 3.43. The highest BCUT2D eigenvalue weighted by Gasteiger charge is 2.09. The van der Waals surface area contributed by atoms with Gasteiger partial charge in [-0.3, -0.25) is 4.79 Å². The summed E-state index contributed by atoms with van der Waals surface area (Å²) >= 11 is 4.02. The van der Waals surface area contributed by atoms with Crippen LogP contribution in [0.2, 0.25) is 0 Å². The second kappa shape index (κ2) is 5.82. The number of nitriles is 1. The minimum absolute atomic E-state index is 0.116. The highest BCUT2D eigenvalue weighted by atomic mass is 32.1. The van der Waals surface area contributed by atoms with E-state index in [1.165, 1.54) is 0 Å². The van der Waals surface area contributed by atoms with E-state index in [0.717, 1.165) is 0 Å². The summed E-state index contributed by atoms with van der Waals surface area (Å²) in [5.74, 6) is -0.117. The number of primary amides is 1. The predicted octanol–water partition coefficient (Wildman–Crippen LogP) is 1.26. The molecule has 0 fully saturated rings. The van der Waals surface area contributed by atoms with Gasteiger partial charge in [0.25, 0.3) is 5.91 Å². The lowest BCUT2D eigenvalue weighted by molar-refractivity contribution is -0.114. The molecule has 0 heterocycles. The molecule has 0 aliphatic heterocycles. The Labute approximate surface area is 104 Å². The minimum atomic E-state index is -0.821. The smallest absolute Gasteiger partial charge is 0.262 e. The first kappa shape index (κ1) is 12.9. The van der Waals surface area contributed by atoms with Gasteiger partial charge >= 0.3 is 0 Å². The number of thiol groups is 1. The van der Waals surface area contributed by atoms with E-state index in [1.807, 2.05) is 0 Å². The topological polar surface area (TPSA) is 88.1 Å². The highest BCUT2D eigenvalue weighted by Crippen LogP contribution is 2.18. The summed E-state index contributed by atoms with van der Waals surface area (Å²) < 4.78 is 5.00. The number of carbonyl (C=O) groups is 1. The summed E-state index contributed by atoms with van der Waals surface area (Å²) in [7, 11) is 1.56. The van der Waals surface area contributed by atoms with Gasteiger partial charge in [0.15, 0.2) is 0 Å². The maximum Gasteiger partial charge on any atom is 0.262 e. The molecular weight excluding hydrogens is 238 g/mol. The van der Waals surface area contributed by atoms with Crippen LogP contribution in [-0.4, -0.2) is 13.0 Å². The lowest BCUT2D eigenvalue weighted by Crippen LogP contribution is -2.15. The van der Waals surface area contributed by atoms with Gasteiger partial charge in [0.1, 0.15) is 17.4 Å². The quantitative estimate of drug-likeness (QED) is 0.426. The van der Waals surface area contributed by atoms with E-state index < -0.39 is 5.91 Å². The van der Waals surface area contributed by atoms with Crippen molar-refractivity contribution in [3.63, 3.8) is 0 Å². The van der Waals surface area contributed by atoms with Crippen LogP contribution in [0, 0.1) is 11.3 Å². The van der Waals surface area contributed by atoms with Crippen LogP contribution in [0.25, 0.3) is 0 Å². The lowest BCUT2D eigenvalue weighted by atomic mass is 10.3. The van der Waals surface area contributed by atoms with Gasteiger partial charge in [-0.2, -0.15) is 5.26 Å². The Bertz CT molecular complexity index is 488. The normalized spacial score (nSPS) is 11.1. The predicted molar refractivity (Wildman–Crippen MR) is 67.4 cm³/mol. The average molecular weight is 249 g/mol. The zero-order chi connectivity index (χ0) is 12.8. The largest absolute Gasteiger partial charge is 0.497 e. The zero-order valence-corrected chi connectivity index (χ0v) is 9.99. The van der Waals surface area contributed by atoms with Gasteiger partial charge < -0.3 is 15.8 Å². The number of nitrogens with two attached hydrogens (primary N) is 1. The number of amides is 1. The van der Waals surface area contributed by atoms with Crippen LogP contribution in [0.15, 0.2) is 34.9 Å². The third-order valence-corrected chi connectivity index (χ3v) is 2.28. The van der Waals surface area contributed by atoms with E-state index in [1.54, 1.807) is 37.4 Å². The Hall–Kier alpha value is -2.13. The van der Waals surface area contributed by atoms with Crippen molar-refractivity contribution in [3.8, 4) is 11.8 Å². The van der Waals surface area contributed by atoms with E-state index in [4.69, 9.17) is 15.7 Å². The van der Waals surface area contributed by atoms with Crippen molar-refractivity contribution in [1.29, 1.82) is 5.26 Å². The fraction of sp³-hybridized carbons (Fsp3) is 0.0909. The van der Waals surface area contributed by atoms with Gasteiger partial charge in [0.05, 0.1) is 12.1 Å². The van der Waals surface area contributed by atoms with Gasteiger partial charge in [0, 0.05) is 5.69 Å². The summed E-state index contributed by atoms with van der Waals surface area (Å²) in [4.78, 5) is 10.9. The molecule has 0 radical (unpaired) electrons. The summed E-state index contributed by atoms with van der Waals surface area (Å²) in [6.45, 7) is 0. The number of rotatable bonds is 4. The van der Waals surface area contributed by atoms with Gasteiger partial charge in [-0.25, -0.2) is 0 Å². The Kier molecular flexibility index (Phi) is 4.43. The van der Waals surface area contributed by atoms with Crippen molar-refractivity contribution in [3.05, 3.63) is 34.9 Å². The summed E-state index contributed by atoms with van der Waals surface area (Å²) in [6, 6.07) is 8.61. The maximum atomic E-state index is 10.9. The van der Waals surface area contributed by atoms with Crippen LogP contribution in [0.3, 0.4) is 0 Å². The Balaban J connectivity index is 2.91. The first-order valence-electron chi connectivity index (χ1n) is 4.62. The number of benzene rings is 1. The molecule has 0 atom stereocenters. The molecule has 0 spiro atoms. The van der Waals surface area contributed by atoms with Crippen LogP contribution in [-0.2, 0) is 4.79 Å².